The van der Waals surface area contributed by atoms with Gasteiger partial charge in [-0.05, 0) is 17.7 Å². The minimum Gasteiger partial charge on any atom is -0.350 e. The van der Waals surface area contributed by atoms with Crippen molar-refractivity contribution >= 4 is 29.2 Å². The van der Waals surface area contributed by atoms with Crippen molar-refractivity contribution in [3.63, 3.8) is 0 Å². The molecular formula is C15H18ClN5O2. The SMILES string of the molecule is CC(C)C(=O)Nc1cn(CC(=O)NCc2cccc(Cl)c2)nn1. The number of halogens is 1. The highest BCUT2D eigenvalue weighted by molar-refractivity contribution is 6.30. The van der Waals surface area contributed by atoms with E-state index in [4.69, 9.17) is 11.6 Å². The Balaban J connectivity index is 1.83. The van der Waals surface area contributed by atoms with Crippen LogP contribution in [0.4, 0.5) is 5.82 Å². The minimum atomic E-state index is -0.211. The van der Waals surface area contributed by atoms with E-state index in [1.165, 1.54) is 10.9 Å². The number of benzene rings is 1. The lowest BCUT2D eigenvalue weighted by atomic mass is 10.2. The smallest absolute Gasteiger partial charge is 0.242 e. The molecule has 0 aliphatic heterocycles. The number of amides is 2. The lowest BCUT2D eigenvalue weighted by Crippen LogP contribution is -2.27. The molecule has 0 aliphatic rings. The second-order valence-electron chi connectivity index (χ2n) is 5.35. The summed E-state index contributed by atoms with van der Waals surface area (Å²) in [4.78, 5) is 23.4. The monoisotopic (exact) mass is 335 g/mol. The highest BCUT2D eigenvalue weighted by Gasteiger charge is 2.11. The molecule has 1 heterocycles. The number of rotatable bonds is 6. The molecule has 2 aromatic rings. The van der Waals surface area contributed by atoms with E-state index in [1.54, 1.807) is 26.0 Å². The minimum absolute atomic E-state index is 0.0190. The first-order valence-corrected chi connectivity index (χ1v) is 7.54. The second-order valence-corrected chi connectivity index (χ2v) is 5.79. The molecule has 0 saturated carbocycles. The number of nitrogens with one attached hydrogen (secondary N) is 2. The van der Waals surface area contributed by atoms with Gasteiger partial charge in [0.1, 0.15) is 6.54 Å². The Morgan fingerprint density at radius 2 is 2.13 bits per heavy atom. The molecular weight excluding hydrogens is 318 g/mol. The van der Waals surface area contributed by atoms with E-state index in [9.17, 15) is 9.59 Å². The molecule has 0 radical (unpaired) electrons. The Labute approximate surface area is 139 Å². The topological polar surface area (TPSA) is 88.9 Å². The molecule has 2 rings (SSSR count). The first-order chi connectivity index (χ1) is 10.9. The van der Waals surface area contributed by atoms with E-state index >= 15 is 0 Å². The zero-order valence-corrected chi connectivity index (χ0v) is 13.7. The van der Waals surface area contributed by atoms with Crippen LogP contribution < -0.4 is 10.6 Å². The van der Waals surface area contributed by atoms with E-state index < -0.39 is 0 Å². The van der Waals surface area contributed by atoms with Crippen molar-refractivity contribution in [2.75, 3.05) is 5.32 Å². The molecule has 0 fully saturated rings. The molecule has 23 heavy (non-hydrogen) atoms. The van der Waals surface area contributed by atoms with E-state index in [1.807, 2.05) is 12.1 Å². The summed E-state index contributed by atoms with van der Waals surface area (Å²) >= 11 is 5.89. The van der Waals surface area contributed by atoms with Gasteiger partial charge in [0.2, 0.25) is 11.8 Å². The van der Waals surface area contributed by atoms with Crippen LogP contribution in [0.3, 0.4) is 0 Å². The third kappa shape index (κ3) is 5.37. The van der Waals surface area contributed by atoms with Gasteiger partial charge in [-0.2, -0.15) is 0 Å². The summed E-state index contributed by atoms with van der Waals surface area (Å²) in [6, 6.07) is 7.26. The van der Waals surface area contributed by atoms with Crippen LogP contribution in [0.15, 0.2) is 30.5 Å². The van der Waals surface area contributed by atoms with Gasteiger partial charge < -0.3 is 10.6 Å². The fraction of sp³-hybridized carbons (Fsp3) is 0.333. The van der Waals surface area contributed by atoms with Crippen LogP contribution in [0.5, 0.6) is 0 Å². The fourth-order valence-electron chi connectivity index (χ4n) is 1.75. The van der Waals surface area contributed by atoms with E-state index in [0.717, 1.165) is 5.56 Å². The normalized spacial score (nSPS) is 10.6. The molecule has 2 N–H and O–H groups in total. The Morgan fingerprint density at radius 3 is 2.83 bits per heavy atom. The summed E-state index contributed by atoms with van der Waals surface area (Å²) < 4.78 is 1.36. The maximum absolute atomic E-state index is 11.9. The Kier molecular flexibility index (Phi) is 5.70. The van der Waals surface area contributed by atoms with E-state index in [-0.39, 0.29) is 24.3 Å². The first-order valence-electron chi connectivity index (χ1n) is 7.16. The van der Waals surface area contributed by atoms with Crippen molar-refractivity contribution in [3.8, 4) is 0 Å². The zero-order valence-electron chi connectivity index (χ0n) is 12.9. The Hall–Kier alpha value is -2.41. The fourth-order valence-corrected chi connectivity index (χ4v) is 1.97. The highest BCUT2D eigenvalue weighted by atomic mass is 35.5. The summed E-state index contributed by atoms with van der Waals surface area (Å²) in [7, 11) is 0. The van der Waals surface area contributed by atoms with Crippen LogP contribution in [0, 0.1) is 5.92 Å². The van der Waals surface area contributed by atoms with Gasteiger partial charge in [0.15, 0.2) is 5.82 Å². The van der Waals surface area contributed by atoms with Gasteiger partial charge >= 0.3 is 0 Å². The largest absolute Gasteiger partial charge is 0.350 e. The van der Waals surface area contributed by atoms with E-state index in [2.05, 4.69) is 20.9 Å². The Morgan fingerprint density at radius 1 is 1.35 bits per heavy atom. The average Bonchev–Trinajstić information content (AvgIpc) is 2.92. The molecule has 0 unspecified atom stereocenters. The number of hydrogen-bond acceptors (Lipinski definition) is 4. The van der Waals surface area contributed by atoms with Crippen molar-refractivity contribution in [2.45, 2.75) is 26.9 Å². The lowest BCUT2D eigenvalue weighted by molar-refractivity contribution is -0.122. The third-order valence-electron chi connectivity index (χ3n) is 3.00. The summed E-state index contributed by atoms with van der Waals surface area (Å²) in [6.07, 6.45) is 1.51. The lowest BCUT2D eigenvalue weighted by Gasteiger charge is -2.05. The van der Waals surface area contributed by atoms with Crippen molar-refractivity contribution in [2.24, 2.45) is 5.92 Å². The van der Waals surface area contributed by atoms with Gasteiger partial charge in [-0.3, -0.25) is 9.59 Å². The van der Waals surface area contributed by atoms with Crippen LogP contribution in [0.25, 0.3) is 0 Å². The average molecular weight is 336 g/mol. The molecule has 0 saturated heterocycles. The van der Waals surface area contributed by atoms with Gasteiger partial charge in [-0.15, -0.1) is 5.10 Å². The number of nitrogens with zero attached hydrogens (tertiary/aromatic N) is 3. The zero-order chi connectivity index (χ0) is 16.8. The molecule has 8 heteroatoms. The van der Waals surface area contributed by atoms with Crippen LogP contribution >= 0.6 is 11.6 Å². The molecule has 0 spiro atoms. The molecule has 1 aromatic carbocycles. The molecule has 122 valence electrons. The molecule has 0 atom stereocenters. The van der Waals surface area contributed by atoms with Crippen LogP contribution in [-0.4, -0.2) is 26.8 Å². The van der Waals surface area contributed by atoms with Gasteiger partial charge in [0.05, 0.1) is 6.20 Å². The number of anilines is 1. The predicted octanol–water partition coefficient (Wildman–Crippen LogP) is 1.84. The molecule has 0 aliphatic carbocycles. The first kappa shape index (κ1) is 17.0. The van der Waals surface area contributed by atoms with Crippen molar-refractivity contribution in [1.82, 2.24) is 20.3 Å². The Bertz CT molecular complexity index is 699. The third-order valence-corrected chi connectivity index (χ3v) is 3.23. The van der Waals surface area contributed by atoms with E-state index in [0.29, 0.717) is 17.4 Å². The predicted molar refractivity (Wildman–Crippen MR) is 86.8 cm³/mol. The molecule has 2 amide bonds. The maximum atomic E-state index is 11.9. The summed E-state index contributed by atoms with van der Waals surface area (Å²) in [5.74, 6) is -0.188. The quantitative estimate of drug-likeness (QED) is 0.843. The highest BCUT2D eigenvalue weighted by Crippen LogP contribution is 2.10. The van der Waals surface area contributed by atoms with Crippen molar-refractivity contribution in [1.29, 1.82) is 0 Å². The van der Waals surface area contributed by atoms with Gasteiger partial charge in [0.25, 0.3) is 0 Å². The van der Waals surface area contributed by atoms with Crippen LogP contribution in [0.2, 0.25) is 5.02 Å². The van der Waals surface area contributed by atoms with Gasteiger partial charge in [-0.25, -0.2) is 4.68 Å². The summed E-state index contributed by atoms with van der Waals surface area (Å²) in [5, 5.41) is 13.6. The van der Waals surface area contributed by atoms with Crippen molar-refractivity contribution < 1.29 is 9.59 Å². The number of aromatic nitrogens is 3. The van der Waals surface area contributed by atoms with Crippen LogP contribution in [0.1, 0.15) is 19.4 Å². The number of hydrogen-bond donors (Lipinski definition) is 2. The van der Waals surface area contributed by atoms with Crippen LogP contribution in [-0.2, 0) is 22.7 Å². The molecule has 7 nitrogen and oxygen atoms in total. The number of carbonyl (C=O) groups excluding carboxylic acids is 2. The maximum Gasteiger partial charge on any atom is 0.242 e. The van der Waals surface area contributed by atoms with Gasteiger partial charge in [0, 0.05) is 17.5 Å². The number of carbonyl (C=O) groups is 2. The van der Waals surface area contributed by atoms with Crippen molar-refractivity contribution in [3.05, 3.63) is 41.0 Å². The summed E-state index contributed by atoms with van der Waals surface area (Å²) in [5.41, 5.74) is 0.911. The second kappa shape index (κ2) is 7.73. The molecule has 0 bridgehead atoms. The standard InChI is InChI=1S/C15H18ClN5O2/c1-10(2)15(23)18-13-8-21(20-19-13)9-14(22)17-7-11-4-3-5-12(16)6-11/h3-6,8,10H,7,9H2,1-2H3,(H,17,22)(H,18,23). The van der Waals surface area contributed by atoms with Gasteiger partial charge in [-0.1, -0.05) is 42.8 Å². The summed E-state index contributed by atoms with van der Waals surface area (Å²) in [6.45, 7) is 3.96. The molecule has 1 aromatic heterocycles.